The first-order chi connectivity index (χ1) is 13.2. The number of hydrogen-bond acceptors (Lipinski definition) is 4. The van der Waals surface area contributed by atoms with Crippen molar-refractivity contribution in [2.75, 3.05) is 6.61 Å². The molecule has 0 N–H and O–H groups in total. The molecule has 0 amide bonds. The van der Waals surface area contributed by atoms with Gasteiger partial charge in [0.25, 0.3) is 0 Å². The molecule has 0 aliphatic carbocycles. The average Bonchev–Trinajstić information content (AvgIpc) is 2.66. The maximum absolute atomic E-state index is 12.6. The zero-order valence-electron chi connectivity index (χ0n) is 16.4. The van der Waals surface area contributed by atoms with Crippen LogP contribution in [0, 0.1) is 5.92 Å². The lowest BCUT2D eigenvalue weighted by Crippen LogP contribution is -2.20. The second kappa shape index (κ2) is 12.2. The SMILES string of the molecule is CC(=Cc1ccccn1)C1CCC(=O)CCCCCC/C=C\CCOC1=O. The van der Waals surface area contributed by atoms with E-state index in [0.717, 1.165) is 43.4 Å². The molecule has 0 spiro atoms. The van der Waals surface area contributed by atoms with Gasteiger partial charge in [-0.1, -0.05) is 36.6 Å². The Kier molecular flexibility index (Phi) is 9.53. The van der Waals surface area contributed by atoms with Crippen LogP contribution < -0.4 is 0 Å². The van der Waals surface area contributed by atoms with Gasteiger partial charge >= 0.3 is 5.97 Å². The topological polar surface area (TPSA) is 56.3 Å². The van der Waals surface area contributed by atoms with Crippen molar-refractivity contribution in [3.05, 3.63) is 47.8 Å². The molecule has 4 heteroatoms. The molecule has 1 aromatic heterocycles. The summed E-state index contributed by atoms with van der Waals surface area (Å²) in [5, 5.41) is 0. The minimum absolute atomic E-state index is 0.241. The van der Waals surface area contributed by atoms with Crippen LogP contribution in [0.25, 0.3) is 6.08 Å². The Balaban J connectivity index is 2.07. The van der Waals surface area contributed by atoms with E-state index in [2.05, 4.69) is 17.1 Å². The van der Waals surface area contributed by atoms with Gasteiger partial charge in [-0.25, -0.2) is 0 Å². The smallest absolute Gasteiger partial charge is 0.313 e. The Bertz CT molecular complexity index is 649. The highest BCUT2D eigenvalue weighted by molar-refractivity contribution is 5.81. The molecular weight excluding hydrogens is 338 g/mol. The van der Waals surface area contributed by atoms with Crippen molar-refractivity contribution in [1.82, 2.24) is 4.98 Å². The standard InChI is InChI=1S/C23H31NO3/c1-19(18-20-12-9-10-16-24-20)22-15-14-21(25)13-8-6-4-2-3-5-7-11-17-27-23(22)26/h5,7,9-10,12,16,18,22H,2-4,6,8,11,13-15,17H2,1H3/b7-5-,19-18?. The van der Waals surface area contributed by atoms with Gasteiger partial charge < -0.3 is 4.74 Å². The summed E-state index contributed by atoms with van der Waals surface area (Å²) in [4.78, 5) is 29.1. The molecule has 1 aliphatic rings. The van der Waals surface area contributed by atoms with Crippen LogP contribution in [0.4, 0.5) is 0 Å². The summed E-state index contributed by atoms with van der Waals surface area (Å²) in [6.07, 6.45) is 15.6. The van der Waals surface area contributed by atoms with Gasteiger partial charge in [-0.2, -0.15) is 0 Å². The molecule has 0 radical (unpaired) electrons. The quantitative estimate of drug-likeness (QED) is 0.525. The summed E-state index contributed by atoms with van der Waals surface area (Å²) >= 11 is 0. The lowest BCUT2D eigenvalue weighted by Gasteiger charge is -2.17. The van der Waals surface area contributed by atoms with Gasteiger partial charge in [-0.3, -0.25) is 14.6 Å². The van der Waals surface area contributed by atoms with Crippen molar-refractivity contribution >= 4 is 17.8 Å². The number of pyridine rings is 1. The number of esters is 1. The molecule has 1 aliphatic heterocycles. The Hall–Kier alpha value is -2.23. The molecule has 2 heterocycles. The molecular formula is C23H31NO3. The molecule has 27 heavy (non-hydrogen) atoms. The predicted molar refractivity (Wildman–Crippen MR) is 108 cm³/mol. The minimum Gasteiger partial charge on any atom is -0.465 e. The Morgan fingerprint density at radius 2 is 1.89 bits per heavy atom. The summed E-state index contributed by atoms with van der Waals surface area (Å²) in [7, 11) is 0. The number of ether oxygens (including phenoxy) is 1. The van der Waals surface area contributed by atoms with Crippen LogP contribution >= 0.6 is 0 Å². The summed E-state index contributed by atoms with van der Waals surface area (Å²) in [6, 6.07) is 5.68. The van der Waals surface area contributed by atoms with Crippen molar-refractivity contribution in [2.24, 2.45) is 5.92 Å². The number of nitrogens with zero attached hydrogens (tertiary/aromatic N) is 1. The highest BCUT2D eigenvalue weighted by Gasteiger charge is 2.23. The summed E-state index contributed by atoms with van der Waals surface area (Å²) < 4.78 is 5.49. The fraction of sp³-hybridized carbons (Fsp3) is 0.522. The van der Waals surface area contributed by atoms with E-state index < -0.39 is 5.92 Å². The van der Waals surface area contributed by atoms with Crippen LogP contribution in [-0.4, -0.2) is 23.3 Å². The van der Waals surface area contributed by atoms with Gasteiger partial charge in [0, 0.05) is 19.0 Å². The first-order valence-electron chi connectivity index (χ1n) is 10.1. The Labute approximate surface area is 162 Å². The Morgan fingerprint density at radius 3 is 2.70 bits per heavy atom. The van der Waals surface area contributed by atoms with E-state index in [0.29, 0.717) is 25.9 Å². The maximum Gasteiger partial charge on any atom is 0.313 e. The zero-order valence-corrected chi connectivity index (χ0v) is 16.4. The van der Waals surface area contributed by atoms with Gasteiger partial charge in [0.15, 0.2) is 0 Å². The highest BCUT2D eigenvalue weighted by Crippen LogP contribution is 2.22. The normalized spacial score (nSPS) is 22.9. The predicted octanol–water partition coefficient (Wildman–Crippen LogP) is 5.29. The van der Waals surface area contributed by atoms with Gasteiger partial charge in [0.05, 0.1) is 18.2 Å². The van der Waals surface area contributed by atoms with Gasteiger partial charge in [-0.15, -0.1) is 0 Å². The lowest BCUT2D eigenvalue weighted by molar-refractivity contribution is -0.147. The third kappa shape index (κ3) is 8.33. The van der Waals surface area contributed by atoms with Crippen LogP contribution in [-0.2, 0) is 14.3 Å². The number of Topliss-reactive ketones (excluding diaryl/α,β-unsaturated/α-hetero) is 1. The largest absolute Gasteiger partial charge is 0.465 e. The van der Waals surface area contributed by atoms with E-state index in [9.17, 15) is 9.59 Å². The van der Waals surface area contributed by atoms with Crippen molar-refractivity contribution in [1.29, 1.82) is 0 Å². The number of aromatic nitrogens is 1. The molecule has 0 saturated carbocycles. The average molecular weight is 370 g/mol. The number of carbonyl (C=O) groups is 2. The molecule has 0 aromatic carbocycles. The van der Waals surface area contributed by atoms with E-state index in [1.807, 2.05) is 31.2 Å². The fourth-order valence-electron chi connectivity index (χ4n) is 3.26. The third-order valence-electron chi connectivity index (χ3n) is 4.88. The minimum atomic E-state index is -0.396. The molecule has 0 bridgehead atoms. The molecule has 0 saturated heterocycles. The van der Waals surface area contributed by atoms with Crippen molar-refractivity contribution in [3.63, 3.8) is 0 Å². The van der Waals surface area contributed by atoms with E-state index in [4.69, 9.17) is 4.74 Å². The van der Waals surface area contributed by atoms with Crippen LogP contribution in [0.5, 0.6) is 0 Å². The second-order valence-corrected chi connectivity index (χ2v) is 7.15. The van der Waals surface area contributed by atoms with Crippen molar-refractivity contribution in [3.8, 4) is 0 Å². The van der Waals surface area contributed by atoms with E-state index >= 15 is 0 Å². The summed E-state index contributed by atoms with van der Waals surface area (Å²) in [6.45, 7) is 2.31. The lowest BCUT2D eigenvalue weighted by atomic mass is 9.92. The summed E-state index contributed by atoms with van der Waals surface area (Å²) in [5.41, 5.74) is 1.70. The first kappa shape index (κ1) is 21.1. The molecule has 1 unspecified atom stereocenters. The number of hydrogen-bond donors (Lipinski definition) is 0. The van der Waals surface area contributed by atoms with E-state index in [-0.39, 0.29) is 11.8 Å². The number of rotatable bonds is 2. The van der Waals surface area contributed by atoms with Gasteiger partial charge in [0.1, 0.15) is 5.78 Å². The van der Waals surface area contributed by atoms with Crippen molar-refractivity contribution in [2.45, 2.75) is 64.7 Å². The molecule has 4 nitrogen and oxygen atoms in total. The number of ketones is 1. The van der Waals surface area contributed by atoms with Crippen LogP contribution in [0.3, 0.4) is 0 Å². The number of allylic oxidation sites excluding steroid dienone is 1. The highest BCUT2D eigenvalue weighted by atomic mass is 16.5. The second-order valence-electron chi connectivity index (χ2n) is 7.15. The molecule has 2 rings (SSSR count). The molecule has 146 valence electrons. The number of cyclic esters (lactones) is 1. The molecule has 1 atom stereocenters. The maximum atomic E-state index is 12.6. The zero-order chi connectivity index (χ0) is 19.3. The first-order valence-corrected chi connectivity index (χ1v) is 10.1. The Morgan fingerprint density at radius 1 is 1.07 bits per heavy atom. The fourth-order valence-corrected chi connectivity index (χ4v) is 3.26. The molecule has 0 fully saturated rings. The van der Waals surface area contributed by atoms with Gasteiger partial charge in [-0.05, 0) is 57.2 Å². The van der Waals surface area contributed by atoms with E-state index in [1.165, 1.54) is 6.42 Å². The van der Waals surface area contributed by atoms with Crippen molar-refractivity contribution < 1.29 is 14.3 Å². The van der Waals surface area contributed by atoms with Crippen LogP contribution in [0.15, 0.2) is 42.1 Å². The number of carbonyl (C=O) groups excluding carboxylic acids is 2. The van der Waals surface area contributed by atoms with Gasteiger partial charge in [0.2, 0.25) is 0 Å². The van der Waals surface area contributed by atoms with Crippen LogP contribution in [0.1, 0.15) is 70.4 Å². The monoisotopic (exact) mass is 369 g/mol. The van der Waals surface area contributed by atoms with E-state index in [1.54, 1.807) is 6.20 Å². The summed E-state index contributed by atoms with van der Waals surface area (Å²) in [5.74, 6) is -0.397. The van der Waals surface area contributed by atoms with Crippen LogP contribution in [0.2, 0.25) is 0 Å². The molecule has 1 aromatic rings. The third-order valence-corrected chi connectivity index (χ3v) is 4.88.